The monoisotopic (exact) mass is 391 g/mol. The highest BCUT2D eigenvalue weighted by molar-refractivity contribution is 6.36. The number of rotatable bonds is 4. The molecule has 0 heterocycles. The van der Waals surface area contributed by atoms with Crippen molar-refractivity contribution in [2.24, 2.45) is 0 Å². The molecule has 1 atom stereocenters. The first-order chi connectivity index (χ1) is 11.7. The molecular weight excluding hydrogens is 382 g/mol. The minimum absolute atomic E-state index is 0.177. The fraction of sp³-hybridized carbons (Fsp3) is 0.125. The molecule has 0 radical (unpaired) electrons. The van der Waals surface area contributed by atoms with Crippen molar-refractivity contribution in [1.29, 1.82) is 0 Å². The van der Waals surface area contributed by atoms with Crippen LogP contribution in [0, 0.1) is 17.5 Å². The van der Waals surface area contributed by atoms with E-state index in [2.05, 4.69) is 0 Å². The zero-order valence-corrected chi connectivity index (χ0v) is 14.1. The minimum Gasteiger partial charge on any atom is -0.449 e. The van der Waals surface area contributed by atoms with Gasteiger partial charge in [0, 0.05) is 0 Å². The summed E-state index contributed by atoms with van der Waals surface area (Å²) in [7, 11) is 0. The quantitative estimate of drug-likeness (QED) is 0.612. The molecule has 0 aromatic heterocycles. The van der Waals surface area contributed by atoms with Crippen LogP contribution in [-0.4, -0.2) is 18.0 Å². The zero-order valence-electron chi connectivity index (χ0n) is 12.6. The highest BCUT2D eigenvalue weighted by Crippen LogP contribution is 2.25. The number of hydrogen-bond donors (Lipinski definition) is 1. The van der Waals surface area contributed by atoms with Gasteiger partial charge in [0.25, 0.3) is 5.91 Å². The molecule has 0 saturated carbocycles. The van der Waals surface area contributed by atoms with Crippen molar-refractivity contribution in [3.05, 3.63) is 63.4 Å². The van der Waals surface area contributed by atoms with Gasteiger partial charge in [0.15, 0.2) is 6.10 Å². The van der Waals surface area contributed by atoms with Crippen molar-refractivity contribution in [3.63, 3.8) is 0 Å². The fourth-order valence-electron chi connectivity index (χ4n) is 1.80. The molecule has 0 aliphatic heterocycles. The van der Waals surface area contributed by atoms with Crippen LogP contribution in [0.25, 0.3) is 0 Å². The summed E-state index contributed by atoms with van der Waals surface area (Å²) in [4.78, 5) is 23.9. The Kier molecular flexibility index (Phi) is 5.92. The standard InChI is InChI=1S/C16H10Cl2F3NO3/c1-7(15(23)22-14-11(19)3-2-4-12(14)20)25-16(24)8-5-13(21)10(18)6-9(8)17/h2-7H,1H3,(H,22,23)/t7-/m0/s1. The molecular formula is C16H10Cl2F3NO3. The number of esters is 1. The van der Waals surface area contributed by atoms with E-state index in [1.54, 1.807) is 0 Å². The summed E-state index contributed by atoms with van der Waals surface area (Å²) in [5.74, 6) is -4.96. The summed E-state index contributed by atoms with van der Waals surface area (Å²) in [5, 5.41) is 1.51. The van der Waals surface area contributed by atoms with E-state index in [0.29, 0.717) is 0 Å². The smallest absolute Gasteiger partial charge is 0.340 e. The van der Waals surface area contributed by atoms with E-state index in [0.717, 1.165) is 30.3 Å². The molecule has 0 fully saturated rings. The lowest BCUT2D eigenvalue weighted by Crippen LogP contribution is -2.30. The average Bonchev–Trinajstić information content (AvgIpc) is 2.54. The molecule has 0 aliphatic carbocycles. The maximum absolute atomic E-state index is 13.5. The summed E-state index contributed by atoms with van der Waals surface area (Å²) < 4.78 is 45.3. The van der Waals surface area contributed by atoms with E-state index < -0.39 is 41.1 Å². The van der Waals surface area contributed by atoms with E-state index in [1.807, 2.05) is 5.32 Å². The van der Waals surface area contributed by atoms with Crippen LogP contribution in [0.4, 0.5) is 18.9 Å². The molecule has 0 unspecified atom stereocenters. The lowest BCUT2D eigenvalue weighted by molar-refractivity contribution is -0.123. The summed E-state index contributed by atoms with van der Waals surface area (Å²) in [6.45, 7) is 1.17. The van der Waals surface area contributed by atoms with E-state index in [4.69, 9.17) is 27.9 Å². The predicted molar refractivity (Wildman–Crippen MR) is 86.3 cm³/mol. The maximum atomic E-state index is 13.5. The number of amides is 1. The van der Waals surface area contributed by atoms with Crippen LogP contribution in [-0.2, 0) is 9.53 Å². The maximum Gasteiger partial charge on any atom is 0.340 e. The van der Waals surface area contributed by atoms with Gasteiger partial charge in [-0.3, -0.25) is 4.79 Å². The van der Waals surface area contributed by atoms with Gasteiger partial charge in [0.05, 0.1) is 15.6 Å². The van der Waals surface area contributed by atoms with Crippen LogP contribution in [0.3, 0.4) is 0 Å². The topological polar surface area (TPSA) is 55.4 Å². The van der Waals surface area contributed by atoms with Gasteiger partial charge in [0.2, 0.25) is 0 Å². The predicted octanol–water partition coefficient (Wildman–Crippen LogP) is 4.59. The van der Waals surface area contributed by atoms with Crippen molar-refractivity contribution < 1.29 is 27.5 Å². The van der Waals surface area contributed by atoms with Gasteiger partial charge in [-0.2, -0.15) is 0 Å². The number of halogens is 5. The number of carbonyl (C=O) groups excluding carboxylic acids is 2. The van der Waals surface area contributed by atoms with Gasteiger partial charge in [-0.05, 0) is 31.2 Å². The zero-order chi connectivity index (χ0) is 18.7. The Labute approximate surface area is 150 Å². The number of benzene rings is 2. The highest BCUT2D eigenvalue weighted by Gasteiger charge is 2.23. The number of nitrogens with one attached hydrogen (secondary N) is 1. The molecule has 0 bridgehead atoms. The highest BCUT2D eigenvalue weighted by atomic mass is 35.5. The third-order valence-corrected chi connectivity index (χ3v) is 3.70. The Balaban J connectivity index is 2.11. The van der Waals surface area contributed by atoms with Gasteiger partial charge in [-0.15, -0.1) is 0 Å². The number of hydrogen-bond acceptors (Lipinski definition) is 3. The van der Waals surface area contributed by atoms with Crippen molar-refractivity contribution in [3.8, 4) is 0 Å². The van der Waals surface area contributed by atoms with E-state index in [9.17, 15) is 22.8 Å². The molecule has 2 aromatic rings. The second-order valence-electron chi connectivity index (χ2n) is 4.88. The summed E-state index contributed by atoms with van der Waals surface area (Å²) in [6, 6.07) is 4.79. The lowest BCUT2D eigenvalue weighted by Gasteiger charge is -2.15. The van der Waals surface area contributed by atoms with Gasteiger partial charge in [-0.25, -0.2) is 18.0 Å². The molecule has 0 spiro atoms. The third kappa shape index (κ3) is 4.43. The SMILES string of the molecule is C[C@H](OC(=O)c1cc(F)c(Cl)cc1Cl)C(=O)Nc1c(F)cccc1F. The van der Waals surface area contributed by atoms with Crippen molar-refractivity contribution in [1.82, 2.24) is 0 Å². The number of anilines is 1. The summed E-state index contributed by atoms with van der Waals surface area (Å²) >= 11 is 11.3. The van der Waals surface area contributed by atoms with Crippen LogP contribution in [0.5, 0.6) is 0 Å². The molecule has 1 N–H and O–H groups in total. The Morgan fingerprint density at radius 3 is 2.24 bits per heavy atom. The molecule has 2 aromatic carbocycles. The first kappa shape index (κ1) is 19.1. The molecule has 0 aliphatic rings. The molecule has 0 saturated heterocycles. The molecule has 25 heavy (non-hydrogen) atoms. The van der Waals surface area contributed by atoms with Crippen LogP contribution in [0.15, 0.2) is 30.3 Å². The average molecular weight is 392 g/mol. The molecule has 9 heteroatoms. The second-order valence-corrected chi connectivity index (χ2v) is 5.69. The normalized spacial score (nSPS) is 11.8. The van der Waals surface area contributed by atoms with E-state index in [-0.39, 0.29) is 15.6 Å². The van der Waals surface area contributed by atoms with Crippen molar-refractivity contribution in [2.75, 3.05) is 5.32 Å². The van der Waals surface area contributed by atoms with Crippen LogP contribution in [0.1, 0.15) is 17.3 Å². The third-order valence-electron chi connectivity index (χ3n) is 3.09. The molecule has 2 rings (SSSR count). The molecule has 1 amide bonds. The Bertz CT molecular complexity index is 825. The summed E-state index contributed by atoms with van der Waals surface area (Å²) in [5.41, 5.74) is -1.02. The molecule has 132 valence electrons. The minimum atomic E-state index is -1.43. The second kappa shape index (κ2) is 7.76. The number of para-hydroxylation sites is 1. The molecule has 4 nitrogen and oxygen atoms in total. The Morgan fingerprint density at radius 1 is 1.04 bits per heavy atom. The van der Waals surface area contributed by atoms with E-state index >= 15 is 0 Å². The van der Waals surface area contributed by atoms with Gasteiger partial charge in [0.1, 0.15) is 23.1 Å². The first-order valence-corrected chi connectivity index (χ1v) is 7.56. The lowest BCUT2D eigenvalue weighted by atomic mass is 10.2. The number of carbonyl (C=O) groups is 2. The number of ether oxygens (including phenoxy) is 1. The first-order valence-electron chi connectivity index (χ1n) is 6.81. The van der Waals surface area contributed by atoms with Crippen LogP contribution < -0.4 is 5.32 Å². The Morgan fingerprint density at radius 2 is 1.64 bits per heavy atom. The summed E-state index contributed by atoms with van der Waals surface area (Å²) in [6.07, 6.45) is -1.43. The van der Waals surface area contributed by atoms with Crippen molar-refractivity contribution >= 4 is 40.8 Å². The largest absolute Gasteiger partial charge is 0.449 e. The van der Waals surface area contributed by atoms with E-state index in [1.165, 1.54) is 6.92 Å². The van der Waals surface area contributed by atoms with Crippen LogP contribution >= 0.6 is 23.2 Å². The van der Waals surface area contributed by atoms with Gasteiger partial charge in [-0.1, -0.05) is 29.3 Å². The fourth-order valence-corrected chi connectivity index (χ4v) is 2.26. The van der Waals surface area contributed by atoms with Crippen LogP contribution in [0.2, 0.25) is 10.0 Å². The van der Waals surface area contributed by atoms with Gasteiger partial charge >= 0.3 is 5.97 Å². The Hall–Kier alpha value is -2.25. The van der Waals surface area contributed by atoms with Gasteiger partial charge < -0.3 is 10.1 Å². The van der Waals surface area contributed by atoms with Crippen molar-refractivity contribution in [2.45, 2.75) is 13.0 Å².